The molecule has 3 N–H and O–H groups in total. The summed E-state index contributed by atoms with van der Waals surface area (Å²) in [6, 6.07) is 20.3. The quantitative estimate of drug-likeness (QED) is 0.429. The Bertz CT molecular complexity index is 1210. The summed E-state index contributed by atoms with van der Waals surface area (Å²) in [4.78, 5) is 15.9. The maximum atomic E-state index is 6.00. The predicted molar refractivity (Wildman–Crippen MR) is 130 cm³/mol. The molecule has 4 aromatic rings. The van der Waals surface area contributed by atoms with Crippen molar-refractivity contribution in [3.63, 3.8) is 0 Å². The number of hydrogen-bond acceptors (Lipinski definition) is 7. The zero-order valence-electron chi connectivity index (χ0n) is 16.9. The Morgan fingerprint density at radius 2 is 1.71 bits per heavy atom. The van der Waals surface area contributed by atoms with Crippen molar-refractivity contribution in [1.29, 1.82) is 0 Å². The van der Waals surface area contributed by atoms with Gasteiger partial charge in [0.1, 0.15) is 5.82 Å². The lowest BCUT2D eigenvalue weighted by Gasteiger charge is -2.28. The molecule has 0 aliphatic carbocycles. The molecule has 0 spiro atoms. The molecule has 3 heterocycles. The lowest BCUT2D eigenvalue weighted by atomic mass is 10.0. The number of nitrogen functional groups attached to an aromatic ring is 1. The molecule has 0 radical (unpaired) electrons. The van der Waals surface area contributed by atoms with Gasteiger partial charge in [-0.3, -0.25) is 3.93 Å². The molecule has 5 rings (SSSR count). The molecule has 0 bridgehead atoms. The van der Waals surface area contributed by atoms with E-state index in [2.05, 4.69) is 59.5 Å². The van der Waals surface area contributed by atoms with Gasteiger partial charge in [-0.15, -0.1) is 0 Å². The van der Waals surface area contributed by atoms with Gasteiger partial charge in [0.2, 0.25) is 5.95 Å². The number of aromatic nitrogens is 3. The van der Waals surface area contributed by atoms with E-state index >= 15 is 0 Å². The predicted octanol–water partition coefficient (Wildman–Crippen LogP) is 4.13. The number of piperazine rings is 1. The summed E-state index contributed by atoms with van der Waals surface area (Å²) >= 11 is 3.66. The maximum absolute atomic E-state index is 6.00. The molecule has 8 heteroatoms. The van der Waals surface area contributed by atoms with Crippen LogP contribution in [-0.2, 0) is 0 Å². The smallest absolute Gasteiger partial charge is 0.222 e. The largest absolute Gasteiger partial charge is 0.368 e. The number of rotatable bonds is 4. The van der Waals surface area contributed by atoms with Crippen LogP contribution in [0.3, 0.4) is 0 Å². The van der Waals surface area contributed by atoms with Gasteiger partial charge in [0, 0.05) is 37.8 Å². The molecule has 2 aromatic heterocycles. The fourth-order valence-corrected chi connectivity index (χ4v) is 4.31. The van der Waals surface area contributed by atoms with Crippen LogP contribution in [0.5, 0.6) is 0 Å². The number of nitrogens with zero attached hydrogens (tertiary/aromatic N) is 5. The van der Waals surface area contributed by atoms with Gasteiger partial charge in [-0.1, -0.05) is 24.3 Å². The van der Waals surface area contributed by atoms with Crippen molar-refractivity contribution >= 4 is 50.3 Å². The second-order valence-electron chi connectivity index (χ2n) is 7.39. The minimum Gasteiger partial charge on any atom is -0.368 e. The highest BCUT2D eigenvalue weighted by molar-refractivity contribution is 9.10. The van der Waals surface area contributed by atoms with Gasteiger partial charge in [-0.2, -0.15) is 4.98 Å². The van der Waals surface area contributed by atoms with E-state index in [1.165, 1.54) is 0 Å². The first-order chi connectivity index (χ1) is 15.2. The Balaban J connectivity index is 1.58. The van der Waals surface area contributed by atoms with E-state index in [4.69, 9.17) is 5.73 Å². The first kappa shape index (κ1) is 19.7. The van der Waals surface area contributed by atoms with E-state index in [1.54, 1.807) is 0 Å². The van der Waals surface area contributed by atoms with Gasteiger partial charge < -0.3 is 16.0 Å². The van der Waals surface area contributed by atoms with Gasteiger partial charge in [0.05, 0.1) is 27.4 Å². The standard InChI is InChI=1S/C23H22BrN7/c24-31(18-4-2-1-3-5-18)22-19-14-16(6-7-20(19)28-23(25)29-22)17-8-9-27-21(15-17)30-12-10-26-11-13-30/h1-9,14-15,26H,10-13H2,(H2,25,28,29). The van der Waals surface area contributed by atoms with Crippen LogP contribution >= 0.6 is 16.1 Å². The van der Waals surface area contributed by atoms with Gasteiger partial charge >= 0.3 is 0 Å². The fourth-order valence-electron chi connectivity index (χ4n) is 3.80. The third-order valence-corrected chi connectivity index (χ3v) is 6.13. The molecular formula is C23H22BrN7. The van der Waals surface area contributed by atoms with Crippen molar-refractivity contribution in [3.05, 3.63) is 66.9 Å². The molecule has 1 aliphatic heterocycles. The monoisotopic (exact) mass is 475 g/mol. The van der Waals surface area contributed by atoms with Crippen molar-refractivity contribution in [3.8, 4) is 11.1 Å². The Hall–Kier alpha value is -3.23. The van der Waals surface area contributed by atoms with E-state index in [9.17, 15) is 0 Å². The van der Waals surface area contributed by atoms with Crippen LogP contribution in [0.4, 0.5) is 23.3 Å². The van der Waals surface area contributed by atoms with E-state index in [-0.39, 0.29) is 5.95 Å². The van der Waals surface area contributed by atoms with E-state index in [0.29, 0.717) is 5.82 Å². The molecule has 0 saturated carbocycles. The SMILES string of the molecule is Nc1nc(N(Br)c2ccccc2)c2cc(-c3ccnc(N4CCNCC4)c3)ccc2n1. The van der Waals surface area contributed by atoms with Crippen LogP contribution in [0, 0.1) is 0 Å². The number of hydrogen-bond donors (Lipinski definition) is 2. The molecule has 156 valence electrons. The number of fused-ring (bicyclic) bond motifs is 1. The minimum atomic E-state index is 0.237. The number of para-hydroxylation sites is 1. The highest BCUT2D eigenvalue weighted by Gasteiger charge is 2.16. The normalized spacial score (nSPS) is 14.0. The van der Waals surface area contributed by atoms with Crippen LogP contribution in [-0.4, -0.2) is 41.1 Å². The maximum Gasteiger partial charge on any atom is 0.222 e. The first-order valence-corrected chi connectivity index (χ1v) is 10.9. The molecule has 1 saturated heterocycles. The Labute approximate surface area is 189 Å². The van der Waals surface area contributed by atoms with Crippen molar-refractivity contribution in [1.82, 2.24) is 20.3 Å². The first-order valence-electron chi connectivity index (χ1n) is 10.2. The molecule has 7 nitrogen and oxygen atoms in total. The van der Waals surface area contributed by atoms with Crippen LogP contribution < -0.4 is 19.9 Å². The number of halogens is 1. The van der Waals surface area contributed by atoms with E-state index in [0.717, 1.165) is 59.7 Å². The summed E-state index contributed by atoms with van der Waals surface area (Å²) in [5, 5.41) is 4.29. The van der Waals surface area contributed by atoms with Crippen molar-refractivity contribution in [2.45, 2.75) is 0 Å². The van der Waals surface area contributed by atoms with Crippen molar-refractivity contribution in [2.24, 2.45) is 0 Å². The molecular weight excluding hydrogens is 454 g/mol. The molecule has 0 amide bonds. The van der Waals surface area contributed by atoms with Crippen LogP contribution in [0.2, 0.25) is 0 Å². The zero-order valence-corrected chi connectivity index (χ0v) is 18.5. The van der Waals surface area contributed by atoms with Gasteiger partial charge in [0.15, 0.2) is 5.82 Å². The van der Waals surface area contributed by atoms with Gasteiger partial charge in [-0.25, -0.2) is 9.97 Å². The summed E-state index contributed by atoms with van der Waals surface area (Å²) in [6.45, 7) is 3.87. The molecule has 0 atom stereocenters. The summed E-state index contributed by atoms with van der Waals surface area (Å²) in [7, 11) is 0. The summed E-state index contributed by atoms with van der Waals surface area (Å²) in [6.07, 6.45) is 1.87. The van der Waals surface area contributed by atoms with Gasteiger partial charge in [0.25, 0.3) is 0 Å². The molecule has 1 aliphatic rings. The highest BCUT2D eigenvalue weighted by atomic mass is 79.9. The second-order valence-corrected chi connectivity index (χ2v) is 8.10. The average Bonchev–Trinajstić information content (AvgIpc) is 2.84. The second kappa shape index (κ2) is 8.49. The van der Waals surface area contributed by atoms with Crippen molar-refractivity contribution < 1.29 is 0 Å². The third-order valence-electron chi connectivity index (χ3n) is 5.38. The third kappa shape index (κ3) is 4.04. The zero-order chi connectivity index (χ0) is 21.2. The van der Waals surface area contributed by atoms with Crippen LogP contribution in [0.1, 0.15) is 0 Å². The molecule has 2 aromatic carbocycles. The number of anilines is 4. The topological polar surface area (TPSA) is 83.2 Å². The Morgan fingerprint density at radius 1 is 0.935 bits per heavy atom. The molecule has 31 heavy (non-hydrogen) atoms. The Morgan fingerprint density at radius 3 is 2.52 bits per heavy atom. The molecule has 0 unspecified atom stereocenters. The minimum absolute atomic E-state index is 0.237. The fraction of sp³-hybridized carbons (Fsp3) is 0.174. The summed E-state index contributed by atoms with van der Waals surface area (Å²) < 4.78 is 1.86. The van der Waals surface area contributed by atoms with E-state index < -0.39 is 0 Å². The van der Waals surface area contributed by atoms with Gasteiger partial charge in [-0.05, 0) is 47.5 Å². The highest BCUT2D eigenvalue weighted by Crippen LogP contribution is 2.35. The van der Waals surface area contributed by atoms with Crippen molar-refractivity contribution in [2.75, 3.05) is 40.7 Å². The number of nitrogens with two attached hydrogens (primary N) is 1. The lowest BCUT2D eigenvalue weighted by molar-refractivity contribution is 0.585. The number of pyridine rings is 1. The number of nitrogens with one attached hydrogen (secondary N) is 1. The van der Waals surface area contributed by atoms with Crippen LogP contribution in [0.25, 0.3) is 22.0 Å². The lowest BCUT2D eigenvalue weighted by Crippen LogP contribution is -2.43. The van der Waals surface area contributed by atoms with E-state index in [1.807, 2.05) is 52.6 Å². The number of benzene rings is 2. The summed E-state index contributed by atoms with van der Waals surface area (Å²) in [5.41, 5.74) is 9.94. The average molecular weight is 476 g/mol. The Kier molecular flexibility index (Phi) is 5.40. The summed E-state index contributed by atoms with van der Waals surface area (Å²) in [5.74, 6) is 1.94. The molecule has 1 fully saturated rings. The van der Waals surface area contributed by atoms with Crippen LogP contribution in [0.15, 0.2) is 66.9 Å².